The van der Waals surface area contributed by atoms with E-state index in [9.17, 15) is 10.1 Å². The Balaban J connectivity index is 0.00000256. The molecule has 2 aromatic heterocycles. The maximum atomic E-state index is 13.4. The second-order valence-electron chi connectivity index (χ2n) is 7.39. The normalized spacial score (nSPS) is 13.8. The molecule has 1 fully saturated rings. The molecule has 1 aliphatic heterocycles. The van der Waals surface area contributed by atoms with E-state index in [1.165, 1.54) is 0 Å². The predicted molar refractivity (Wildman–Crippen MR) is 120 cm³/mol. The number of fused-ring (bicyclic) bond motifs is 1. The predicted octanol–water partition coefficient (Wildman–Crippen LogP) is 4.99. The molecular weight excluding hydrogens is 398 g/mol. The van der Waals surface area contributed by atoms with Crippen LogP contribution in [-0.2, 0) is 0 Å². The second kappa shape index (κ2) is 9.55. The van der Waals surface area contributed by atoms with E-state index in [1.54, 1.807) is 18.3 Å². The highest BCUT2D eigenvalue weighted by Crippen LogP contribution is 2.30. The Morgan fingerprint density at radius 2 is 1.90 bits per heavy atom. The Kier molecular flexibility index (Phi) is 6.86. The minimum Gasteiger partial charge on any atom is -0.354 e. The molecule has 30 heavy (non-hydrogen) atoms. The van der Waals surface area contributed by atoms with Crippen molar-refractivity contribution < 1.29 is 4.79 Å². The van der Waals surface area contributed by atoms with E-state index >= 15 is 0 Å². The van der Waals surface area contributed by atoms with E-state index in [0.29, 0.717) is 22.5 Å². The molecule has 0 aliphatic carbocycles. The Labute approximate surface area is 182 Å². The average molecular weight is 422 g/mol. The Morgan fingerprint density at radius 3 is 2.63 bits per heavy atom. The lowest BCUT2D eigenvalue weighted by Gasteiger charge is -2.22. The quantitative estimate of drug-likeness (QED) is 0.644. The number of hydrogen-bond donors (Lipinski definition) is 1. The van der Waals surface area contributed by atoms with Gasteiger partial charge in [-0.1, -0.05) is 18.9 Å². The number of aryl methyl sites for hydroxylation is 1. The van der Waals surface area contributed by atoms with Gasteiger partial charge in [0.15, 0.2) is 5.65 Å². The third kappa shape index (κ3) is 4.52. The number of nitriles is 1. The maximum absolute atomic E-state index is 13.4. The number of aromatic nitrogens is 2. The third-order valence-corrected chi connectivity index (χ3v) is 5.25. The Bertz CT molecular complexity index is 1100. The van der Waals surface area contributed by atoms with Gasteiger partial charge in [-0.25, -0.2) is 9.97 Å². The van der Waals surface area contributed by atoms with Crippen molar-refractivity contribution in [2.24, 2.45) is 0 Å². The first kappa shape index (κ1) is 21.5. The number of carbonyl (C=O) groups is 1. The fraction of sp³-hybridized carbons (Fsp3) is 0.304. The highest BCUT2D eigenvalue weighted by molar-refractivity contribution is 6.07. The molecule has 0 atom stereocenters. The van der Waals surface area contributed by atoms with E-state index < -0.39 is 0 Å². The van der Waals surface area contributed by atoms with Crippen LogP contribution in [0.5, 0.6) is 0 Å². The van der Waals surface area contributed by atoms with Gasteiger partial charge in [-0.15, -0.1) is 12.4 Å². The van der Waals surface area contributed by atoms with Crippen LogP contribution < -0.4 is 5.32 Å². The van der Waals surface area contributed by atoms with E-state index in [2.05, 4.69) is 21.4 Å². The largest absolute Gasteiger partial charge is 0.354 e. The first-order valence-electron chi connectivity index (χ1n) is 9.98. The van der Waals surface area contributed by atoms with Crippen LogP contribution in [0.15, 0.2) is 42.6 Å². The van der Waals surface area contributed by atoms with Crippen molar-refractivity contribution in [3.05, 3.63) is 59.4 Å². The minimum atomic E-state index is -0.0131. The molecule has 0 saturated carbocycles. The minimum absolute atomic E-state index is 0. The van der Waals surface area contributed by atoms with Gasteiger partial charge in [-0.2, -0.15) is 5.26 Å². The SMILES string of the molecule is Cc1ccc2c(Nc3cccc(C#N)c3)c(C(=O)N3CCCCCC3)cnc2n1.Cl. The van der Waals surface area contributed by atoms with Crippen LogP contribution in [-0.4, -0.2) is 33.9 Å². The van der Waals surface area contributed by atoms with E-state index in [1.807, 2.05) is 36.1 Å². The molecule has 1 amide bonds. The summed E-state index contributed by atoms with van der Waals surface area (Å²) in [5.41, 5.74) is 3.99. The smallest absolute Gasteiger partial charge is 0.257 e. The fourth-order valence-corrected chi connectivity index (χ4v) is 3.72. The molecule has 0 unspecified atom stereocenters. The van der Waals surface area contributed by atoms with Crippen molar-refractivity contribution in [2.45, 2.75) is 32.6 Å². The molecule has 1 aromatic carbocycles. The molecule has 0 radical (unpaired) electrons. The second-order valence-corrected chi connectivity index (χ2v) is 7.39. The Hall–Kier alpha value is -3.17. The molecule has 7 heteroatoms. The zero-order valence-electron chi connectivity index (χ0n) is 16.9. The topological polar surface area (TPSA) is 81.9 Å². The van der Waals surface area contributed by atoms with Crippen LogP contribution in [0.4, 0.5) is 11.4 Å². The molecule has 4 rings (SSSR count). The van der Waals surface area contributed by atoms with Gasteiger partial charge < -0.3 is 10.2 Å². The Morgan fingerprint density at radius 1 is 1.13 bits per heavy atom. The summed E-state index contributed by atoms with van der Waals surface area (Å²) in [6, 6.07) is 13.2. The number of pyridine rings is 2. The van der Waals surface area contributed by atoms with Gasteiger partial charge >= 0.3 is 0 Å². The number of rotatable bonds is 3. The zero-order chi connectivity index (χ0) is 20.2. The molecule has 1 N–H and O–H groups in total. The van der Waals surface area contributed by atoms with E-state index in [4.69, 9.17) is 0 Å². The van der Waals surface area contributed by atoms with Crippen molar-refractivity contribution in [1.29, 1.82) is 5.26 Å². The summed E-state index contributed by atoms with van der Waals surface area (Å²) in [5.74, 6) is -0.0131. The molecule has 154 valence electrons. The van der Waals surface area contributed by atoms with Crippen LogP contribution in [0, 0.1) is 18.3 Å². The zero-order valence-corrected chi connectivity index (χ0v) is 17.7. The summed E-state index contributed by atoms with van der Waals surface area (Å²) in [4.78, 5) is 24.3. The van der Waals surface area contributed by atoms with Crippen LogP contribution in [0.3, 0.4) is 0 Å². The molecule has 6 nitrogen and oxygen atoms in total. The summed E-state index contributed by atoms with van der Waals surface area (Å²) >= 11 is 0. The molecule has 0 spiro atoms. The van der Waals surface area contributed by atoms with Crippen LogP contribution >= 0.6 is 12.4 Å². The molecule has 1 saturated heterocycles. The molecule has 1 aliphatic rings. The van der Waals surface area contributed by atoms with Crippen LogP contribution in [0.25, 0.3) is 11.0 Å². The standard InChI is InChI=1S/C23H23N5O.ClH/c1-16-9-10-19-21(27-18-8-6-7-17(13-18)14-24)20(15-25-22(19)26-16)23(29)28-11-4-2-3-5-12-28;/h6-10,13,15H,2-5,11-12H2,1H3,(H,25,26,27);1H. The number of halogens is 1. The first-order valence-corrected chi connectivity index (χ1v) is 9.98. The van der Waals surface area contributed by atoms with Crippen LogP contribution in [0.1, 0.15) is 47.3 Å². The van der Waals surface area contributed by atoms with Gasteiger partial charge in [-0.3, -0.25) is 4.79 Å². The lowest BCUT2D eigenvalue weighted by atomic mass is 10.1. The van der Waals surface area contributed by atoms with E-state index in [-0.39, 0.29) is 18.3 Å². The monoisotopic (exact) mass is 421 g/mol. The highest BCUT2D eigenvalue weighted by Gasteiger charge is 2.22. The van der Waals surface area contributed by atoms with Crippen molar-refractivity contribution in [3.8, 4) is 6.07 Å². The third-order valence-electron chi connectivity index (χ3n) is 5.25. The number of hydrogen-bond acceptors (Lipinski definition) is 5. The van der Waals surface area contributed by atoms with Gasteiger partial charge in [0.1, 0.15) is 0 Å². The van der Waals surface area contributed by atoms with Gasteiger partial charge in [0.2, 0.25) is 0 Å². The summed E-state index contributed by atoms with van der Waals surface area (Å²) in [7, 11) is 0. The summed E-state index contributed by atoms with van der Waals surface area (Å²) < 4.78 is 0. The molecule has 3 aromatic rings. The number of benzene rings is 1. The average Bonchev–Trinajstić information content (AvgIpc) is 3.03. The lowest BCUT2D eigenvalue weighted by Crippen LogP contribution is -2.32. The molecular formula is C23H24ClN5O. The van der Waals surface area contributed by atoms with Gasteiger partial charge in [0, 0.05) is 36.1 Å². The van der Waals surface area contributed by atoms with Crippen molar-refractivity contribution in [2.75, 3.05) is 18.4 Å². The van der Waals surface area contributed by atoms with E-state index in [0.717, 1.165) is 55.5 Å². The number of nitrogens with zero attached hydrogens (tertiary/aromatic N) is 4. The van der Waals surface area contributed by atoms with Crippen LogP contribution in [0.2, 0.25) is 0 Å². The maximum Gasteiger partial charge on any atom is 0.257 e. The van der Waals surface area contributed by atoms with Gasteiger partial charge in [0.25, 0.3) is 5.91 Å². The molecule has 3 heterocycles. The number of likely N-dealkylation sites (tertiary alicyclic amines) is 1. The van der Waals surface area contributed by atoms with Crippen molar-refractivity contribution >= 4 is 40.7 Å². The van der Waals surface area contributed by atoms with Gasteiger partial charge in [0.05, 0.1) is 22.9 Å². The number of carbonyl (C=O) groups excluding carboxylic acids is 1. The number of amides is 1. The first-order chi connectivity index (χ1) is 14.2. The summed E-state index contributed by atoms with van der Waals surface area (Å²) in [6.07, 6.45) is 6.00. The fourth-order valence-electron chi connectivity index (χ4n) is 3.72. The summed E-state index contributed by atoms with van der Waals surface area (Å²) in [5, 5.41) is 13.4. The number of nitrogens with one attached hydrogen (secondary N) is 1. The molecule has 0 bridgehead atoms. The highest BCUT2D eigenvalue weighted by atomic mass is 35.5. The summed E-state index contributed by atoms with van der Waals surface area (Å²) in [6.45, 7) is 3.46. The van der Waals surface area contributed by atoms with Gasteiger partial charge in [-0.05, 0) is 50.1 Å². The van der Waals surface area contributed by atoms with Crippen molar-refractivity contribution in [1.82, 2.24) is 14.9 Å². The number of anilines is 2. The van der Waals surface area contributed by atoms with Crippen molar-refractivity contribution in [3.63, 3.8) is 0 Å². The lowest BCUT2D eigenvalue weighted by molar-refractivity contribution is 0.0762.